The number of alkyl halides is 1. The van der Waals surface area contributed by atoms with E-state index in [2.05, 4.69) is 11.1 Å². The molecule has 0 amide bonds. The number of halogens is 1. The van der Waals surface area contributed by atoms with Crippen molar-refractivity contribution in [1.82, 2.24) is 4.98 Å². The highest BCUT2D eigenvalue weighted by Gasteiger charge is 2.17. The van der Waals surface area contributed by atoms with Gasteiger partial charge in [0.2, 0.25) is 0 Å². The van der Waals surface area contributed by atoms with E-state index in [0.29, 0.717) is 17.2 Å². The number of aryl methyl sites for hydroxylation is 1. The van der Waals surface area contributed by atoms with E-state index in [9.17, 15) is 4.39 Å². The quantitative estimate of drug-likeness (QED) is 0.804. The van der Waals surface area contributed by atoms with Crippen molar-refractivity contribution < 1.29 is 13.9 Å². The Morgan fingerprint density at radius 3 is 3.05 bits per heavy atom. The molecule has 0 aliphatic carbocycles. The van der Waals surface area contributed by atoms with E-state index in [0.717, 1.165) is 36.4 Å². The van der Waals surface area contributed by atoms with Gasteiger partial charge in [-0.2, -0.15) is 0 Å². The van der Waals surface area contributed by atoms with Gasteiger partial charge in [-0.3, -0.25) is 0 Å². The summed E-state index contributed by atoms with van der Waals surface area (Å²) in [5.74, 6) is 0. The lowest BCUT2D eigenvalue weighted by Crippen LogP contribution is -2.22. The van der Waals surface area contributed by atoms with Crippen LogP contribution < -0.4 is 0 Å². The summed E-state index contributed by atoms with van der Waals surface area (Å²) in [6.07, 6.45) is 2.93. The van der Waals surface area contributed by atoms with Crippen molar-refractivity contribution in [1.29, 1.82) is 0 Å². The van der Waals surface area contributed by atoms with Gasteiger partial charge in [0.1, 0.15) is 11.7 Å². The minimum absolute atomic E-state index is 0.176. The normalized spacial score (nSPS) is 18.5. The molecule has 5 heteroatoms. The highest BCUT2D eigenvalue weighted by atomic mass is 32.1. The third kappa shape index (κ3) is 3.72. The predicted molar refractivity (Wildman–Crippen MR) is 85.5 cm³/mol. The summed E-state index contributed by atoms with van der Waals surface area (Å²) < 4.78 is 24.5. The van der Waals surface area contributed by atoms with Crippen molar-refractivity contribution in [2.75, 3.05) is 6.61 Å². The number of hydrogen-bond acceptors (Lipinski definition) is 4. The van der Waals surface area contributed by atoms with Crippen LogP contribution in [0.1, 0.15) is 35.4 Å². The third-order valence-electron chi connectivity index (χ3n) is 3.71. The van der Waals surface area contributed by atoms with Crippen molar-refractivity contribution >= 4 is 11.3 Å². The molecule has 1 aliphatic heterocycles. The summed E-state index contributed by atoms with van der Waals surface area (Å²) in [6.45, 7) is 2.59. The number of nitrogens with zero attached hydrogens (tertiary/aromatic N) is 1. The van der Waals surface area contributed by atoms with Gasteiger partial charge in [-0.1, -0.05) is 23.8 Å². The maximum atomic E-state index is 13.2. The Bertz CT molecular complexity index is 623. The zero-order valence-corrected chi connectivity index (χ0v) is 13.5. The first-order valence-electron chi connectivity index (χ1n) is 7.61. The Morgan fingerprint density at radius 2 is 2.32 bits per heavy atom. The number of hydrogen-bond donors (Lipinski definition) is 0. The van der Waals surface area contributed by atoms with Crippen LogP contribution >= 0.6 is 11.3 Å². The molecule has 1 saturated heterocycles. The second-order valence-corrected chi connectivity index (χ2v) is 6.58. The Morgan fingerprint density at radius 1 is 1.41 bits per heavy atom. The number of aromatic nitrogens is 1. The maximum absolute atomic E-state index is 13.2. The van der Waals surface area contributed by atoms with Crippen LogP contribution in [0.4, 0.5) is 4.39 Å². The molecule has 1 fully saturated rings. The number of rotatable bonds is 5. The molecule has 2 heterocycles. The number of benzene rings is 1. The van der Waals surface area contributed by atoms with Crippen LogP contribution in [0, 0.1) is 6.92 Å². The molecule has 1 aliphatic rings. The van der Waals surface area contributed by atoms with Crippen molar-refractivity contribution in [2.24, 2.45) is 0 Å². The third-order valence-corrected chi connectivity index (χ3v) is 4.82. The van der Waals surface area contributed by atoms with Crippen molar-refractivity contribution in [2.45, 2.75) is 45.8 Å². The lowest BCUT2D eigenvalue weighted by Gasteiger charge is -2.22. The molecule has 0 radical (unpaired) electrons. The maximum Gasteiger partial charge on any atom is 0.158 e. The average molecular weight is 321 g/mol. The largest absolute Gasteiger partial charge is 0.353 e. The lowest BCUT2D eigenvalue weighted by molar-refractivity contribution is -0.169. The molecule has 2 aromatic rings. The Balaban J connectivity index is 1.73. The predicted octanol–water partition coefficient (Wildman–Crippen LogP) is 4.63. The molecule has 0 N–H and O–H groups in total. The Labute approximate surface area is 134 Å². The highest BCUT2D eigenvalue weighted by Crippen LogP contribution is 2.30. The van der Waals surface area contributed by atoms with Gasteiger partial charge in [0.15, 0.2) is 6.29 Å². The van der Waals surface area contributed by atoms with E-state index < -0.39 is 6.67 Å². The SMILES string of the molecule is Cc1cccc(-c2nc(COC3CCCCO3)c(CF)s2)c1. The molecule has 0 bridgehead atoms. The smallest absolute Gasteiger partial charge is 0.158 e. The minimum Gasteiger partial charge on any atom is -0.353 e. The van der Waals surface area contributed by atoms with Crippen LogP contribution in [0.25, 0.3) is 10.6 Å². The first-order chi connectivity index (χ1) is 10.8. The van der Waals surface area contributed by atoms with E-state index in [1.54, 1.807) is 0 Å². The molecule has 3 nitrogen and oxygen atoms in total. The van der Waals surface area contributed by atoms with E-state index in [1.807, 2.05) is 25.1 Å². The van der Waals surface area contributed by atoms with Crippen LogP contribution in [0.3, 0.4) is 0 Å². The topological polar surface area (TPSA) is 31.4 Å². The van der Waals surface area contributed by atoms with Gasteiger partial charge in [-0.25, -0.2) is 9.37 Å². The van der Waals surface area contributed by atoms with Gasteiger partial charge in [0, 0.05) is 12.2 Å². The molecule has 1 unspecified atom stereocenters. The zero-order chi connectivity index (χ0) is 15.4. The van der Waals surface area contributed by atoms with E-state index >= 15 is 0 Å². The summed E-state index contributed by atoms with van der Waals surface area (Å²) in [4.78, 5) is 5.22. The molecular weight excluding hydrogens is 301 g/mol. The van der Waals surface area contributed by atoms with Gasteiger partial charge in [-0.05, 0) is 32.3 Å². The van der Waals surface area contributed by atoms with Crippen LogP contribution in [-0.4, -0.2) is 17.9 Å². The molecular formula is C17H20FNO2S. The molecule has 0 saturated carbocycles. The number of ether oxygens (including phenoxy) is 2. The van der Waals surface area contributed by atoms with Crippen LogP contribution in [-0.2, 0) is 22.8 Å². The van der Waals surface area contributed by atoms with E-state index in [4.69, 9.17) is 9.47 Å². The molecule has 1 atom stereocenters. The second-order valence-electron chi connectivity index (χ2n) is 5.50. The van der Waals surface area contributed by atoms with Crippen molar-refractivity contribution in [3.63, 3.8) is 0 Å². The van der Waals surface area contributed by atoms with Gasteiger partial charge in [0.25, 0.3) is 0 Å². The Hall–Kier alpha value is -1.30. The first-order valence-corrected chi connectivity index (χ1v) is 8.42. The molecule has 22 heavy (non-hydrogen) atoms. The molecule has 118 valence electrons. The van der Waals surface area contributed by atoms with E-state index in [-0.39, 0.29) is 6.29 Å². The van der Waals surface area contributed by atoms with Gasteiger partial charge in [-0.15, -0.1) is 11.3 Å². The Kier molecular flexibility index (Phi) is 5.18. The fourth-order valence-electron chi connectivity index (χ4n) is 2.52. The molecule has 1 aromatic carbocycles. The molecule has 3 rings (SSSR count). The highest BCUT2D eigenvalue weighted by molar-refractivity contribution is 7.15. The standard InChI is InChI=1S/C17H20FNO2S/c1-12-5-4-6-13(9-12)17-19-14(15(10-18)22-17)11-21-16-7-2-3-8-20-16/h4-6,9,16H,2-3,7-8,10-11H2,1H3. The summed E-state index contributed by atoms with van der Waals surface area (Å²) in [5.41, 5.74) is 2.89. The van der Waals surface area contributed by atoms with Gasteiger partial charge in [0.05, 0.1) is 17.2 Å². The van der Waals surface area contributed by atoms with Crippen LogP contribution in [0.2, 0.25) is 0 Å². The summed E-state index contributed by atoms with van der Waals surface area (Å²) in [5, 5.41) is 0.847. The summed E-state index contributed by atoms with van der Waals surface area (Å²) >= 11 is 1.40. The fourth-order valence-corrected chi connectivity index (χ4v) is 3.43. The molecule has 1 aromatic heterocycles. The summed E-state index contributed by atoms with van der Waals surface area (Å²) in [7, 11) is 0. The van der Waals surface area contributed by atoms with Crippen molar-refractivity contribution in [3.05, 3.63) is 40.4 Å². The van der Waals surface area contributed by atoms with E-state index in [1.165, 1.54) is 16.9 Å². The monoisotopic (exact) mass is 321 g/mol. The first kappa shape index (κ1) is 15.6. The average Bonchev–Trinajstić information content (AvgIpc) is 2.97. The van der Waals surface area contributed by atoms with Gasteiger partial charge >= 0.3 is 0 Å². The zero-order valence-electron chi connectivity index (χ0n) is 12.7. The number of thiazole rings is 1. The summed E-state index contributed by atoms with van der Waals surface area (Å²) in [6, 6.07) is 8.10. The lowest BCUT2D eigenvalue weighted by atomic mass is 10.1. The second kappa shape index (κ2) is 7.31. The minimum atomic E-state index is -0.506. The van der Waals surface area contributed by atoms with Crippen LogP contribution in [0.15, 0.2) is 24.3 Å². The van der Waals surface area contributed by atoms with Gasteiger partial charge < -0.3 is 9.47 Å². The van der Waals surface area contributed by atoms with Crippen molar-refractivity contribution in [3.8, 4) is 10.6 Å². The molecule has 0 spiro atoms. The fraction of sp³-hybridized carbons (Fsp3) is 0.471. The van der Waals surface area contributed by atoms with Crippen LogP contribution in [0.5, 0.6) is 0 Å².